The predicted molar refractivity (Wildman–Crippen MR) is 56.3 cm³/mol. The number of hydrogen-bond donors (Lipinski definition) is 1. The molecular formula is C11H21NO2. The summed E-state index contributed by atoms with van der Waals surface area (Å²) < 4.78 is 0. The van der Waals surface area contributed by atoms with Crippen molar-refractivity contribution in [3.8, 4) is 0 Å². The minimum atomic E-state index is -0.689. The number of carbonyl (C=O) groups is 1. The highest BCUT2D eigenvalue weighted by atomic mass is 16.4. The lowest BCUT2D eigenvalue weighted by Crippen LogP contribution is -2.49. The van der Waals surface area contributed by atoms with E-state index >= 15 is 0 Å². The molecule has 82 valence electrons. The molecule has 3 nitrogen and oxygen atoms in total. The van der Waals surface area contributed by atoms with Crippen LogP contribution in [0.3, 0.4) is 0 Å². The van der Waals surface area contributed by atoms with Crippen molar-refractivity contribution < 1.29 is 9.90 Å². The predicted octanol–water partition coefficient (Wildman–Crippen LogP) is 1.97. The lowest BCUT2D eigenvalue weighted by atomic mass is 9.89. The Bertz CT molecular complexity index is 213. The van der Waals surface area contributed by atoms with Crippen LogP contribution in [0.15, 0.2) is 0 Å². The molecule has 0 spiro atoms. The van der Waals surface area contributed by atoms with Crippen LogP contribution in [0.5, 0.6) is 0 Å². The summed E-state index contributed by atoms with van der Waals surface area (Å²) in [5, 5.41) is 8.86. The van der Waals surface area contributed by atoms with Crippen molar-refractivity contribution in [2.75, 3.05) is 13.1 Å². The summed E-state index contributed by atoms with van der Waals surface area (Å²) in [7, 11) is 0. The van der Waals surface area contributed by atoms with Gasteiger partial charge in [0, 0.05) is 12.1 Å². The smallest absolute Gasteiger partial charge is 0.307 e. The van der Waals surface area contributed by atoms with Gasteiger partial charge >= 0.3 is 5.97 Å². The highest BCUT2D eigenvalue weighted by molar-refractivity contribution is 5.69. The molecule has 0 aromatic carbocycles. The van der Waals surface area contributed by atoms with Crippen LogP contribution in [0.1, 0.15) is 40.0 Å². The number of hydrogen-bond acceptors (Lipinski definition) is 2. The Kier molecular flexibility index (Phi) is 3.53. The summed E-state index contributed by atoms with van der Waals surface area (Å²) in [6.07, 6.45) is 3.65. The molecule has 0 bridgehead atoms. The van der Waals surface area contributed by atoms with Gasteiger partial charge in [0.15, 0.2) is 0 Å². The Morgan fingerprint density at radius 3 is 2.64 bits per heavy atom. The fourth-order valence-corrected chi connectivity index (χ4v) is 2.07. The van der Waals surface area contributed by atoms with Gasteiger partial charge in [0.1, 0.15) is 0 Å². The Morgan fingerprint density at radius 1 is 1.50 bits per heavy atom. The zero-order valence-corrected chi connectivity index (χ0v) is 9.42. The quantitative estimate of drug-likeness (QED) is 0.755. The van der Waals surface area contributed by atoms with Crippen LogP contribution >= 0.6 is 0 Å². The number of aliphatic carboxylic acids is 1. The van der Waals surface area contributed by atoms with Gasteiger partial charge in [0.25, 0.3) is 0 Å². The molecular weight excluding hydrogens is 178 g/mol. The molecule has 0 aliphatic carbocycles. The lowest BCUT2D eigenvalue weighted by Gasteiger charge is -2.43. The SMILES string of the molecule is CC(CN1CCCCC1(C)C)C(=O)O. The molecule has 3 heteroatoms. The third-order valence-corrected chi connectivity index (χ3v) is 3.24. The van der Waals surface area contributed by atoms with Crippen LogP contribution in [-0.4, -0.2) is 34.6 Å². The van der Waals surface area contributed by atoms with Crippen molar-refractivity contribution >= 4 is 5.97 Å². The van der Waals surface area contributed by atoms with E-state index in [0.717, 1.165) is 6.54 Å². The van der Waals surface area contributed by atoms with E-state index in [1.165, 1.54) is 19.3 Å². The number of likely N-dealkylation sites (tertiary alicyclic amines) is 1. The molecule has 0 aromatic heterocycles. The summed E-state index contributed by atoms with van der Waals surface area (Å²) in [5.41, 5.74) is 0.182. The minimum absolute atomic E-state index is 0.182. The molecule has 0 radical (unpaired) electrons. The largest absolute Gasteiger partial charge is 0.481 e. The van der Waals surface area contributed by atoms with Crippen molar-refractivity contribution in [3.63, 3.8) is 0 Å². The van der Waals surface area contributed by atoms with Crippen LogP contribution < -0.4 is 0 Å². The molecule has 0 saturated carbocycles. The maximum atomic E-state index is 10.8. The van der Waals surface area contributed by atoms with Crippen molar-refractivity contribution in [1.82, 2.24) is 4.90 Å². The first kappa shape index (κ1) is 11.5. The third kappa shape index (κ3) is 2.71. The van der Waals surface area contributed by atoms with Crippen LogP contribution in [0, 0.1) is 5.92 Å². The number of piperidine rings is 1. The Labute approximate surface area is 86.1 Å². The molecule has 14 heavy (non-hydrogen) atoms. The molecule has 1 N–H and O–H groups in total. The van der Waals surface area contributed by atoms with Crippen LogP contribution in [-0.2, 0) is 4.79 Å². The van der Waals surface area contributed by atoms with E-state index in [0.29, 0.717) is 6.54 Å². The molecule has 1 heterocycles. The Balaban J connectivity index is 2.53. The van der Waals surface area contributed by atoms with Gasteiger partial charge in [-0.2, -0.15) is 0 Å². The van der Waals surface area contributed by atoms with E-state index in [9.17, 15) is 4.79 Å². The van der Waals surface area contributed by atoms with E-state index in [-0.39, 0.29) is 11.5 Å². The van der Waals surface area contributed by atoms with E-state index in [1.54, 1.807) is 6.92 Å². The first-order valence-corrected chi connectivity index (χ1v) is 5.41. The summed E-state index contributed by atoms with van der Waals surface area (Å²) >= 11 is 0. The number of nitrogens with zero attached hydrogens (tertiary/aromatic N) is 1. The number of carboxylic acid groups (broad SMARTS) is 1. The monoisotopic (exact) mass is 199 g/mol. The maximum Gasteiger partial charge on any atom is 0.307 e. The highest BCUT2D eigenvalue weighted by Gasteiger charge is 2.31. The second-order valence-electron chi connectivity index (χ2n) is 4.95. The van der Waals surface area contributed by atoms with Gasteiger partial charge in [0.05, 0.1) is 5.92 Å². The van der Waals surface area contributed by atoms with Crippen LogP contribution in [0.2, 0.25) is 0 Å². The summed E-state index contributed by atoms with van der Waals surface area (Å²) in [6, 6.07) is 0. The van der Waals surface area contributed by atoms with E-state index < -0.39 is 5.97 Å². The fourth-order valence-electron chi connectivity index (χ4n) is 2.07. The number of carboxylic acids is 1. The average Bonchev–Trinajstić information content (AvgIpc) is 2.08. The van der Waals surface area contributed by atoms with Crippen molar-refractivity contribution in [1.29, 1.82) is 0 Å². The third-order valence-electron chi connectivity index (χ3n) is 3.24. The highest BCUT2D eigenvalue weighted by Crippen LogP contribution is 2.27. The van der Waals surface area contributed by atoms with Crippen LogP contribution in [0.25, 0.3) is 0 Å². The number of rotatable bonds is 3. The second kappa shape index (κ2) is 4.30. The fraction of sp³-hybridized carbons (Fsp3) is 0.909. The standard InChI is InChI=1S/C11H21NO2/c1-9(10(13)14)8-12-7-5-4-6-11(12,2)3/h9H,4-8H2,1-3H3,(H,13,14). The Morgan fingerprint density at radius 2 is 2.14 bits per heavy atom. The zero-order chi connectivity index (χ0) is 10.8. The van der Waals surface area contributed by atoms with Gasteiger partial charge < -0.3 is 5.11 Å². The van der Waals surface area contributed by atoms with E-state index in [4.69, 9.17) is 5.11 Å². The molecule has 0 amide bonds. The molecule has 1 aliphatic rings. The summed E-state index contributed by atoms with van der Waals surface area (Å²) in [5.74, 6) is -0.946. The zero-order valence-electron chi connectivity index (χ0n) is 9.42. The average molecular weight is 199 g/mol. The van der Waals surface area contributed by atoms with Gasteiger partial charge in [-0.1, -0.05) is 13.3 Å². The van der Waals surface area contributed by atoms with E-state index in [1.807, 2.05) is 0 Å². The van der Waals surface area contributed by atoms with Crippen molar-refractivity contribution in [2.45, 2.75) is 45.6 Å². The van der Waals surface area contributed by atoms with Crippen molar-refractivity contribution in [3.05, 3.63) is 0 Å². The van der Waals surface area contributed by atoms with Gasteiger partial charge in [-0.15, -0.1) is 0 Å². The van der Waals surface area contributed by atoms with Gasteiger partial charge in [0.2, 0.25) is 0 Å². The van der Waals surface area contributed by atoms with Gasteiger partial charge in [-0.25, -0.2) is 0 Å². The van der Waals surface area contributed by atoms with Gasteiger partial charge in [-0.3, -0.25) is 9.69 Å². The van der Waals surface area contributed by atoms with Gasteiger partial charge in [-0.05, 0) is 33.2 Å². The van der Waals surface area contributed by atoms with Crippen molar-refractivity contribution in [2.24, 2.45) is 5.92 Å². The van der Waals surface area contributed by atoms with Crippen LogP contribution in [0.4, 0.5) is 0 Å². The Hall–Kier alpha value is -0.570. The molecule has 1 aliphatic heterocycles. The molecule has 0 aromatic rings. The first-order chi connectivity index (χ1) is 6.43. The topological polar surface area (TPSA) is 40.5 Å². The lowest BCUT2D eigenvalue weighted by molar-refractivity contribution is -0.142. The molecule has 1 unspecified atom stereocenters. The minimum Gasteiger partial charge on any atom is -0.481 e. The molecule has 1 atom stereocenters. The second-order valence-corrected chi connectivity index (χ2v) is 4.95. The molecule has 1 fully saturated rings. The first-order valence-electron chi connectivity index (χ1n) is 5.41. The summed E-state index contributed by atoms with van der Waals surface area (Å²) in [4.78, 5) is 13.1. The summed E-state index contributed by atoms with van der Waals surface area (Å²) in [6.45, 7) is 7.93. The normalized spacial score (nSPS) is 24.5. The molecule has 1 saturated heterocycles. The van der Waals surface area contributed by atoms with E-state index in [2.05, 4.69) is 18.7 Å². The maximum absolute atomic E-state index is 10.8. The molecule has 1 rings (SSSR count).